The van der Waals surface area contributed by atoms with Crippen molar-refractivity contribution in [3.8, 4) is 5.75 Å². The zero-order valence-corrected chi connectivity index (χ0v) is 16.0. The summed E-state index contributed by atoms with van der Waals surface area (Å²) in [6.07, 6.45) is -0.570. The minimum atomic E-state index is -0.652. The first kappa shape index (κ1) is 17.4. The fraction of sp³-hybridized carbons (Fsp3) is 0.647. The Morgan fingerprint density at radius 1 is 1.04 bits per heavy atom. The van der Waals surface area contributed by atoms with Gasteiger partial charge in [-0.3, -0.25) is 0 Å². The van der Waals surface area contributed by atoms with Crippen molar-refractivity contribution in [1.29, 1.82) is 0 Å². The van der Waals surface area contributed by atoms with Gasteiger partial charge in [0.1, 0.15) is 30.7 Å². The molecule has 1 aromatic carbocycles. The van der Waals surface area contributed by atoms with E-state index in [0.29, 0.717) is 13.2 Å². The second-order valence-electron chi connectivity index (χ2n) is 6.77. The van der Waals surface area contributed by atoms with Crippen LogP contribution in [0.4, 0.5) is 0 Å². The van der Waals surface area contributed by atoms with Gasteiger partial charge in [0, 0.05) is 3.57 Å². The van der Waals surface area contributed by atoms with Crippen LogP contribution >= 0.6 is 22.6 Å². The van der Waals surface area contributed by atoms with Gasteiger partial charge in [-0.25, -0.2) is 0 Å². The maximum atomic E-state index is 6.04. The quantitative estimate of drug-likeness (QED) is 0.681. The van der Waals surface area contributed by atoms with Crippen molar-refractivity contribution in [2.75, 3.05) is 13.2 Å². The highest BCUT2D eigenvalue weighted by Gasteiger charge is 2.49. The van der Waals surface area contributed by atoms with E-state index in [4.69, 9.17) is 23.7 Å². The van der Waals surface area contributed by atoms with Crippen LogP contribution in [0.1, 0.15) is 27.7 Å². The predicted molar refractivity (Wildman–Crippen MR) is 93.4 cm³/mol. The van der Waals surface area contributed by atoms with Crippen LogP contribution in [0.3, 0.4) is 0 Å². The molecule has 5 nitrogen and oxygen atoms in total. The average Bonchev–Trinajstić information content (AvgIpc) is 2.97. The largest absolute Gasteiger partial charge is 0.491 e. The van der Waals surface area contributed by atoms with Gasteiger partial charge in [0.05, 0.1) is 6.61 Å². The first-order chi connectivity index (χ1) is 10.7. The summed E-state index contributed by atoms with van der Waals surface area (Å²) in [5.41, 5.74) is 0. The van der Waals surface area contributed by atoms with E-state index < -0.39 is 11.6 Å². The second kappa shape index (κ2) is 6.48. The van der Waals surface area contributed by atoms with Crippen LogP contribution in [-0.4, -0.2) is 43.1 Å². The molecule has 6 heteroatoms. The number of benzene rings is 1. The number of rotatable bonds is 4. The second-order valence-corrected chi connectivity index (χ2v) is 8.02. The third-order valence-electron chi connectivity index (χ3n) is 3.85. The number of hydrogen-bond acceptors (Lipinski definition) is 5. The molecule has 0 bridgehead atoms. The first-order valence-corrected chi connectivity index (χ1v) is 8.88. The van der Waals surface area contributed by atoms with Gasteiger partial charge in [-0.15, -0.1) is 0 Å². The van der Waals surface area contributed by atoms with Gasteiger partial charge in [-0.1, -0.05) is 0 Å². The molecule has 2 aliphatic heterocycles. The molecule has 1 aromatic rings. The lowest BCUT2D eigenvalue weighted by Gasteiger charge is -2.23. The lowest BCUT2D eigenvalue weighted by atomic mass is 10.1. The lowest BCUT2D eigenvalue weighted by Crippen LogP contribution is -2.40. The zero-order valence-electron chi connectivity index (χ0n) is 13.9. The number of hydrogen-bond donors (Lipinski definition) is 0. The van der Waals surface area contributed by atoms with Crippen LogP contribution in [0.5, 0.6) is 5.75 Å². The van der Waals surface area contributed by atoms with Crippen molar-refractivity contribution in [2.45, 2.75) is 57.6 Å². The molecule has 0 saturated carbocycles. The molecule has 0 N–H and O–H groups in total. The molecule has 2 saturated heterocycles. The molecule has 0 unspecified atom stereocenters. The molecule has 128 valence electrons. The highest BCUT2D eigenvalue weighted by molar-refractivity contribution is 14.1. The maximum Gasteiger partial charge on any atom is 0.164 e. The Bertz CT molecular complexity index is 542. The van der Waals surface area contributed by atoms with E-state index in [1.807, 2.05) is 52.0 Å². The minimum absolute atomic E-state index is 0.155. The number of ether oxygens (including phenoxy) is 5. The molecular weight excluding hydrogens is 411 g/mol. The van der Waals surface area contributed by atoms with E-state index in [-0.39, 0.29) is 18.3 Å². The molecule has 0 aliphatic carbocycles. The van der Waals surface area contributed by atoms with Crippen molar-refractivity contribution < 1.29 is 23.7 Å². The molecule has 0 spiro atoms. The topological polar surface area (TPSA) is 46.2 Å². The highest BCUT2D eigenvalue weighted by Crippen LogP contribution is 2.35. The Hall–Kier alpha value is -0.410. The van der Waals surface area contributed by atoms with E-state index in [2.05, 4.69) is 22.6 Å². The molecule has 3 rings (SSSR count). The monoisotopic (exact) mass is 434 g/mol. The third-order valence-corrected chi connectivity index (χ3v) is 4.57. The average molecular weight is 434 g/mol. The Balaban J connectivity index is 1.65. The van der Waals surface area contributed by atoms with E-state index in [9.17, 15) is 0 Å². The Morgan fingerprint density at radius 2 is 1.74 bits per heavy atom. The predicted octanol–water partition coefficient (Wildman–Crippen LogP) is 3.34. The third kappa shape index (κ3) is 4.36. The fourth-order valence-electron chi connectivity index (χ4n) is 2.89. The van der Waals surface area contributed by atoms with Crippen LogP contribution in [0, 0.1) is 3.57 Å². The first-order valence-electron chi connectivity index (χ1n) is 7.80. The molecule has 2 aliphatic rings. The van der Waals surface area contributed by atoms with Crippen molar-refractivity contribution in [1.82, 2.24) is 0 Å². The smallest absolute Gasteiger partial charge is 0.164 e. The molecule has 23 heavy (non-hydrogen) atoms. The summed E-state index contributed by atoms with van der Waals surface area (Å²) in [6.45, 7) is 8.54. The summed E-state index contributed by atoms with van der Waals surface area (Å²) in [7, 11) is 0. The number of halogens is 1. The highest BCUT2D eigenvalue weighted by atomic mass is 127. The van der Waals surface area contributed by atoms with Crippen LogP contribution in [0.25, 0.3) is 0 Å². The molecular formula is C17H23IO5. The summed E-state index contributed by atoms with van der Waals surface area (Å²) in [5.74, 6) is -0.412. The Kier molecular flexibility index (Phi) is 4.90. The van der Waals surface area contributed by atoms with Crippen LogP contribution < -0.4 is 4.74 Å². The van der Waals surface area contributed by atoms with Crippen LogP contribution in [0.15, 0.2) is 24.3 Å². The van der Waals surface area contributed by atoms with Gasteiger partial charge in [-0.2, -0.15) is 0 Å². The van der Waals surface area contributed by atoms with Crippen LogP contribution in [0.2, 0.25) is 0 Å². The SMILES string of the molecule is CC1(C)OC[C@H]([C@H]2OC(C)(C)O[C@@H]2COc2ccc(I)cc2)O1. The minimum Gasteiger partial charge on any atom is -0.491 e. The summed E-state index contributed by atoms with van der Waals surface area (Å²) in [6, 6.07) is 7.94. The van der Waals surface area contributed by atoms with Crippen molar-refractivity contribution in [3.05, 3.63) is 27.8 Å². The standard InChI is InChI=1S/C17H23IO5/c1-16(2)20-10-14(21-16)15-13(22-17(3,4)23-15)9-19-12-7-5-11(18)6-8-12/h5-8,13-15H,9-10H2,1-4H3/t13-,14-,15+/m1/s1. The molecule has 2 heterocycles. The Morgan fingerprint density at radius 3 is 2.35 bits per heavy atom. The summed E-state index contributed by atoms with van der Waals surface area (Å²) in [5, 5.41) is 0. The summed E-state index contributed by atoms with van der Waals surface area (Å²) in [4.78, 5) is 0. The van der Waals surface area contributed by atoms with E-state index in [1.165, 1.54) is 3.57 Å². The van der Waals surface area contributed by atoms with Crippen molar-refractivity contribution in [3.63, 3.8) is 0 Å². The molecule has 0 radical (unpaired) electrons. The molecule has 3 atom stereocenters. The van der Waals surface area contributed by atoms with E-state index in [0.717, 1.165) is 5.75 Å². The van der Waals surface area contributed by atoms with Crippen LogP contribution in [-0.2, 0) is 18.9 Å². The molecule has 2 fully saturated rings. The van der Waals surface area contributed by atoms with Gasteiger partial charge in [-0.05, 0) is 74.6 Å². The normalized spacial score (nSPS) is 32.1. The fourth-order valence-corrected chi connectivity index (χ4v) is 3.25. The van der Waals surface area contributed by atoms with Gasteiger partial charge in [0.2, 0.25) is 0 Å². The molecule has 0 amide bonds. The maximum absolute atomic E-state index is 6.04. The summed E-state index contributed by atoms with van der Waals surface area (Å²) < 4.78 is 30.7. The summed E-state index contributed by atoms with van der Waals surface area (Å²) >= 11 is 2.27. The van der Waals surface area contributed by atoms with Crippen molar-refractivity contribution in [2.24, 2.45) is 0 Å². The molecule has 0 aromatic heterocycles. The van der Waals surface area contributed by atoms with Crippen molar-refractivity contribution >= 4 is 22.6 Å². The van der Waals surface area contributed by atoms with E-state index >= 15 is 0 Å². The van der Waals surface area contributed by atoms with E-state index in [1.54, 1.807) is 0 Å². The zero-order chi connectivity index (χ0) is 16.7. The Labute approximate surface area is 150 Å². The lowest BCUT2D eigenvalue weighted by molar-refractivity contribution is -0.174. The van der Waals surface area contributed by atoms with Gasteiger partial charge in [0.15, 0.2) is 11.6 Å². The van der Waals surface area contributed by atoms with Gasteiger partial charge >= 0.3 is 0 Å². The van der Waals surface area contributed by atoms with Gasteiger partial charge in [0.25, 0.3) is 0 Å². The van der Waals surface area contributed by atoms with Gasteiger partial charge < -0.3 is 23.7 Å².